The van der Waals surface area contributed by atoms with Gasteiger partial charge in [-0.05, 0) is 33.2 Å². The van der Waals surface area contributed by atoms with E-state index in [-0.39, 0.29) is 5.69 Å². The van der Waals surface area contributed by atoms with Gasteiger partial charge in [0.1, 0.15) is 23.0 Å². The zero-order valence-corrected chi connectivity index (χ0v) is 11.2. The molecule has 0 spiro atoms. The molecule has 0 bridgehead atoms. The van der Waals surface area contributed by atoms with Crippen molar-refractivity contribution in [3.63, 3.8) is 0 Å². The average molecular weight is 291 g/mol. The third kappa shape index (κ3) is 2.43. The van der Waals surface area contributed by atoms with Crippen LogP contribution in [-0.2, 0) is 4.79 Å². The lowest BCUT2D eigenvalue weighted by atomic mass is 10.0. The van der Waals surface area contributed by atoms with E-state index in [2.05, 4.69) is 10.3 Å². The highest BCUT2D eigenvalue weighted by Crippen LogP contribution is 2.26. The van der Waals surface area contributed by atoms with Crippen LogP contribution in [0.1, 0.15) is 5.69 Å². The summed E-state index contributed by atoms with van der Waals surface area (Å²) >= 11 is 0. The van der Waals surface area contributed by atoms with Crippen molar-refractivity contribution in [2.45, 2.75) is 0 Å². The molecule has 2 aromatic carbocycles. The van der Waals surface area contributed by atoms with Crippen LogP contribution in [0.4, 0.5) is 0 Å². The molecular formula is C16H9N3O3. The minimum atomic E-state index is -1.32. The Morgan fingerprint density at radius 2 is 1.95 bits per heavy atom. The molecule has 0 fully saturated rings. The number of aliphatic carboxylic acids is 1. The highest BCUT2D eigenvalue weighted by molar-refractivity contribution is 5.97. The molecule has 6 heteroatoms. The number of fused-ring (bicyclic) bond motifs is 1. The van der Waals surface area contributed by atoms with Crippen LogP contribution >= 0.6 is 0 Å². The van der Waals surface area contributed by atoms with Gasteiger partial charge in [-0.2, -0.15) is 5.26 Å². The molecule has 6 nitrogen and oxygen atoms in total. The van der Waals surface area contributed by atoms with E-state index >= 15 is 0 Å². The molecule has 0 aliphatic carbocycles. The molecule has 3 aromatic rings. The lowest BCUT2D eigenvalue weighted by Crippen LogP contribution is -1.97. The van der Waals surface area contributed by atoms with E-state index in [1.807, 2.05) is 42.5 Å². The lowest BCUT2D eigenvalue weighted by Gasteiger charge is -2.01. The van der Waals surface area contributed by atoms with E-state index in [9.17, 15) is 4.79 Å². The zero-order valence-electron chi connectivity index (χ0n) is 11.2. The molecule has 0 unspecified atom stereocenters. The molecule has 1 heterocycles. The van der Waals surface area contributed by atoms with Crippen LogP contribution in [0.2, 0.25) is 0 Å². The van der Waals surface area contributed by atoms with E-state index in [1.54, 1.807) is 6.07 Å². The Kier molecular flexibility index (Phi) is 3.38. The van der Waals surface area contributed by atoms with Gasteiger partial charge in [-0.1, -0.05) is 36.4 Å². The molecule has 0 radical (unpaired) electrons. The van der Waals surface area contributed by atoms with Gasteiger partial charge in [0, 0.05) is 5.56 Å². The van der Waals surface area contributed by atoms with E-state index in [4.69, 9.17) is 15.0 Å². The first-order chi connectivity index (χ1) is 10.7. The molecule has 0 saturated carbocycles. The van der Waals surface area contributed by atoms with Gasteiger partial charge in [0.15, 0.2) is 0 Å². The van der Waals surface area contributed by atoms with Crippen LogP contribution in [0.25, 0.3) is 28.1 Å². The number of nitrogens with zero attached hydrogens (tertiary/aromatic N) is 3. The number of carboxylic acid groups (broad SMARTS) is 1. The first-order valence-electron chi connectivity index (χ1n) is 6.36. The summed E-state index contributed by atoms with van der Waals surface area (Å²) in [4.78, 5) is 10.9. The van der Waals surface area contributed by atoms with Crippen LogP contribution < -0.4 is 0 Å². The molecule has 1 N–H and O–H groups in total. The van der Waals surface area contributed by atoms with Crippen molar-refractivity contribution in [1.82, 2.24) is 10.3 Å². The highest BCUT2D eigenvalue weighted by Gasteiger charge is 2.14. The van der Waals surface area contributed by atoms with E-state index in [0.29, 0.717) is 5.69 Å². The first kappa shape index (κ1) is 13.5. The van der Waals surface area contributed by atoms with Crippen LogP contribution in [0, 0.1) is 11.3 Å². The summed E-state index contributed by atoms with van der Waals surface area (Å²) in [5.74, 6) is -1.32. The van der Waals surface area contributed by atoms with Crippen molar-refractivity contribution in [3.05, 3.63) is 53.7 Å². The van der Waals surface area contributed by atoms with Crippen molar-refractivity contribution in [2.75, 3.05) is 0 Å². The standard InChI is InChI=1S/C16H9N3O3/c17-9-13(16(20)21)8-14-15(19-22-18-14)12-6-5-10-3-1-2-4-11(10)7-12/h1-8H,(H,20,21)/b13-8-. The number of aromatic nitrogens is 2. The summed E-state index contributed by atoms with van der Waals surface area (Å²) < 4.78 is 4.69. The van der Waals surface area contributed by atoms with Crippen LogP contribution in [0.15, 0.2) is 52.7 Å². The maximum atomic E-state index is 10.9. The maximum Gasteiger partial charge on any atom is 0.346 e. The summed E-state index contributed by atoms with van der Waals surface area (Å²) in [6, 6.07) is 15.1. The second-order valence-corrected chi connectivity index (χ2v) is 4.53. The largest absolute Gasteiger partial charge is 0.477 e. The molecule has 0 aliphatic heterocycles. The van der Waals surface area contributed by atoms with Gasteiger partial charge in [0.25, 0.3) is 0 Å². The van der Waals surface area contributed by atoms with E-state index in [0.717, 1.165) is 22.4 Å². The Morgan fingerprint density at radius 1 is 1.18 bits per heavy atom. The minimum Gasteiger partial charge on any atom is -0.477 e. The van der Waals surface area contributed by atoms with Gasteiger partial charge in [0.05, 0.1) is 0 Å². The fourth-order valence-electron chi connectivity index (χ4n) is 2.11. The number of hydrogen-bond donors (Lipinski definition) is 1. The number of hydrogen-bond acceptors (Lipinski definition) is 5. The molecule has 0 aliphatic rings. The van der Waals surface area contributed by atoms with Gasteiger partial charge in [-0.25, -0.2) is 9.42 Å². The van der Waals surface area contributed by atoms with Crippen molar-refractivity contribution in [1.29, 1.82) is 5.26 Å². The Labute approximate surface area is 124 Å². The van der Waals surface area contributed by atoms with Crippen LogP contribution in [0.3, 0.4) is 0 Å². The number of carboxylic acids is 1. The second-order valence-electron chi connectivity index (χ2n) is 4.53. The molecular weight excluding hydrogens is 282 g/mol. The third-order valence-corrected chi connectivity index (χ3v) is 3.17. The van der Waals surface area contributed by atoms with Crippen molar-refractivity contribution >= 4 is 22.8 Å². The molecule has 0 saturated heterocycles. The van der Waals surface area contributed by atoms with Crippen molar-refractivity contribution in [2.24, 2.45) is 0 Å². The Hall–Kier alpha value is -3.46. The molecule has 1 aromatic heterocycles. The quantitative estimate of drug-likeness (QED) is 0.588. The summed E-state index contributed by atoms with van der Waals surface area (Å²) in [6.07, 6.45) is 1.14. The zero-order chi connectivity index (χ0) is 15.5. The topological polar surface area (TPSA) is 100 Å². The highest BCUT2D eigenvalue weighted by atomic mass is 16.6. The summed E-state index contributed by atoms with van der Waals surface area (Å²) in [7, 11) is 0. The van der Waals surface area contributed by atoms with Crippen LogP contribution in [0.5, 0.6) is 0 Å². The van der Waals surface area contributed by atoms with Gasteiger partial charge in [-0.3, -0.25) is 0 Å². The van der Waals surface area contributed by atoms with Gasteiger partial charge >= 0.3 is 5.97 Å². The number of nitriles is 1. The van der Waals surface area contributed by atoms with Gasteiger partial charge in [0.2, 0.25) is 0 Å². The third-order valence-electron chi connectivity index (χ3n) is 3.17. The monoisotopic (exact) mass is 291 g/mol. The van der Waals surface area contributed by atoms with E-state index in [1.165, 1.54) is 0 Å². The summed E-state index contributed by atoms with van der Waals surface area (Å²) in [6.45, 7) is 0. The molecule has 0 amide bonds. The average Bonchev–Trinajstić information content (AvgIpc) is 3.00. The second kappa shape index (κ2) is 5.50. The normalized spacial score (nSPS) is 11.3. The smallest absolute Gasteiger partial charge is 0.346 e. The predicted octanol–water partition coefficient (Wildman–Crippen LogP) is 2.88. The van der Waals surface area contributed by atoms with Crippen LogP contribution in [-0.4, -0.2) is 21.4 Å². The summed E-state index contributed by atoms with van der Waals surface area (Å²) in [5.41, 5.74) is 0.889. The van der Waals surface area contributed by atoms with Gasteiger partial charge in [-0.15, -0.1) is 0 Å². The maximum absolute atomic E-state index is 10.9. The molecule has 106 valence electrons. The van der Waals surface area contributed by atoms with E-state index < -0.39 is 11.5 Å². The predicted molar refractivity (Wildman–Crippen MR) is 78.5 cm³/mol. The SMILES string of the molecule is N#C/C(=C/c1nonc1-c1ccc2ccccc2c1)C(=O)O. The molecule has 0 atom stereocenters. The lowest BCUT2D eigenvalue weighted by molar-refractivity contribution is -0.132. The van der Waals surface area contributed by atoms with Crippen molar-refractivity contribution in [3.8, 4) is 17.3 Å². The van der Waals surface area contributed by atoms with Crippen molar-refractivity contribution < 1.29 is 14.5 Å². The molecule has 22 heavy (non-hydrogen) atoms. The fourth-order valence-corrected chi connectivity index (χ4v) is 2.11. The first-order valence-corrected chi connectivity index (χ1v) is 6.36. The molecule has 3 rings (SSSR count). The Balaban J connectivity index is 2.11. The van der Waals surface area contributed by atoms with Gasteiger partial charge < -0.3 is 5.11 Å². The Bertz CT molecular complexity index is 935. The summed E-state index contributed by atoms with van der Waals surface area (Å²) in [5, 5.41) is 27.3. The number of benzene rings is 2. The fraction of sp³-hybridized carbons (Fsp3) is 0. The Morgan fingerprint density at radius 3 is 2.68 bits per heavy atom. The minimum absolute atomic E-state index is 0.203. The number of carbonyl (C=O) groups is 1. The number of rotatable bonds is 3.